The van der Waals surface area contributed by atoms with E-state index in [9.17, 15) is 31.9 Å². The summed E-state index contributed by atoms with van der Waals surface area (Å²) in [5.74, 6) is -8.58. The van der Waals surface area contributed by atoms with Crippen molar-refractivity contribution in [2.75, 3.05) is 13.1 Å². The third-order valence-corrected chi connectivity index (χ3v) is 6.09. The fourth-order valence-corrected chi connectivity index (χ4v) is 4.31. The lowest BCUT2D eigenvalue weighted by molar-refractivity contribution is -0.0516. The first-order valence-electron chi connectivity index (χ1n) is 10.8. The van der Waals surface area contributed by atoms with Crippen LogP contribution in [-0.2, 0) is 5.79 Å². The zero-order chi connectivity index (χ0) is 24.9. The van der Waals surface area contributed by atoms with Crippen molar-refractivity contribution in [2.24, 2.45) is 0 Å². The van der Waals surface area contributed by atoms with Crippen molar-refractivity contribution < 1.29 is 41.3 Å². The summed E-state index contributed by atoms with van der Waals surface area (Å²) in [6, 6.07) is 6.73. The Morgan fingerprint density at radius 2 is 1.31 bits per heavy atom. The third-order valence-electron chi connectivity index (χ3n) is 6.09. The lowest BCUT2D eigenvalue weighted by Crippen LogP contribution is -2.40. The summed E-state index contributed by atoms with van der Waals surface area (Å²) in [6.45, 7) is 0.443. The molecular formula is C25H18F5NO4. The molecule has 0 radical (unpaired) electrons. The molecule has 5 nitrogen and oxygen atoms in total. The molecular weight excluding hydrogens is 473 g/mol. The monoisotopic (exact) mass is 491 g/mol. The van der Waals surface area contributed by atoms with Crippen LogP contribution in [0.3, 0.4) is 0 Å². The minimum atomic E-state index is -2.39. The summed E-state index contributed by atoms with van der Waals surface area (Å²) in [5.41, 5.74) is -1.25. The zero-order valence-corrected chi connectivity index (χ0v) is 18.0. The summed E-state index contributed by atoms with van der Waals surface area (Å²) in [7, 11) is 0. The maximum Gasteiger partial charge on any atom is 0.311 e. The second kappa shape index (κ2) is 8.53. The summed E-state index contributed by atoms with van der Waals surface area (Å²) < 4.78 is 83.5. The first-order valence-corrected chi connectivity index (χ1v) is 10.8. The van der Waals surface area contributed by atoms with Gasteiger partial charge in [0.15, 0.2) is 11.5 Å². The van der Waals surface area contributed by atoms with Crippen LogP contribution in [0.2, 0.25) is 0 Å². The first-order chi connectivity index (χ1) is 16.7. The third kappa shape index (κ3) is 3.97. The molecule has 0 aromatic heterocycles. The van der Waals surface area contributed by atoms with Gasteiger partial charge in [-0.15, -0.1) is 0 Å². The normalized spacial score (nSPS) is 17.0. The highest BCUT2D eigenvalue weighted by atomic mass is 19.1. The highest BCUT2D eigenvalue weighted by Crippen LogP contribution is 2.49. The van der Waals surface area contributed by atoms with Gasteiger partial charge in [-0.1, -0.05) is 0 Å². The number of hydrogen-bond acceptors (Lipinski definition) is 4. The standard InChI is InChI=1S/C25H18F5NO4/c26-13-1-3-17(20(29)9-13)25(18-4-2-14(27)10-21(18)30)34-22-11-16(19(28)12-23(22)35-25)24(33)31-7-5-15(32)6-8-31/h1-4,9-12,15,32H,5-8H2. The maximum absolute atomic E-state index is 15.0. The van der Waals surface area contributed by atoms with Crippen molar-refractivity contribution in [3.8, 4) is 11.5 Å². The Bertz CT molecular complexity index is 1270. The van der Waals surface area contributed by atoms with Gasteiger partial charge in [0, 0.05) is 31.3 Å². The minimum Gasteiger partial charge on any atom is -0.440 e. The van der Waals surface area contributed by atoms with Gasteiger partial charge in [-0.2, -0.15) is 0 Å². The molecule has 3 aromatic carbocycles. The number of fused-ring (bicyclic) bond motifs is 1. The van der Waals surface area contributed by atoms with Crippen LogP contribution < -0.4 is 9.47 Å². The molecule has 1 saturated heterocycles. The first kappa shape index (κ1) is 23.1. The van der Waals surface area contributed by atoms with Gasteiger partial charge in [0.05, 0.1) is 22.8 Å². The second-order valence-corrected chi connectivity index (χ2v) is 8.37. The molecule has 1 N–H and O–H groups in total. The van der Waals surface area contributed by atoms with Crippen LogP contribution in [0.5, 0.6) is 11.5 Å². The van der Waals surface area contributed by atoms with Crippen molar-refractivity contribution in [1.29, 1.82) is 0 Å². The molecule has 5 rings (SSSR count). The van der Waals surface area contributed by atoms with E-state index in [2.05, 4.69) is 0 Å². The molecule has 0 saturated carbocycles. The van der Waals surface area contributed by atoms with Crippen molar-refractivity contribution in [1.82, 2.24) is 4.90 Å². The fraction of sp³-hybridized carbons (Fsp3) is 0.240. The fourth-order valence-electron chi connectivity index (χ4n) is 4.31. The Kier molecular flexibility index (Phi) is 5.63. The van der Waals surface area contributed by atoms with Crippen LogP contribution in [0.15, 0.2) is 48.5 Å². The van der Waals surface area contributed by atoms with Crippen molar-refractivity contribution in [3.05, 3.63) is 94.3 Å². The van der Waals surface area contributed by atoms with Gasteiger partial charge in [-0.3, -0.25) is 4.79 Å². The van der Waals surface area contributed by atoms with E-state index in [0.29, 0.717) is 25.0 Å². The molecule has 3 aromatic rings. The average Bonchev–Trinajstić information content (AvgIpc) is 3.17. The highest BCUT2D eigenvalue weighted by molar-refractivity contribution is 5.95. The number of rotatable bonds is 3. The number of ether oxygens (including phenoxy) is 2. The van der Waals surface area contributed by atoms with Crippen LogP contribution in [0, 0.1) is 29.1 Å². The Morgan fingerprint density at radius 3 is 1.83 bits per heavy atom. The number of carbonyl (C=O) groups is 1. The molecule has 0 spiro atoms. The molecule has 10 heteroatoms. The Balaban J connectivity index is 1.60. The van der Waals surface area contributed by atoms with Gasteiger partial charge in [0.2, 0.25) is 0 Å². The van der Waals surface area contributed by atoms with Gasteiger partial charge in [0.25, 0.3) is 5.91 Å². The van der Waals surface area contributed by atoms with Crippen LogP contribution in [0.25, 0.3) is 0 Å². The molecule has 35 heavy (non-hydrogen) atoms. The van der Waals surface area contributed by atoms with E-state index >= 15 is 0 Å². The lowest BCUT2D eigenvalue weighted by atomic mass is 9.96. The van der Waals surface area contributed by atoms with Crippen LogP contribution in [0.4, 0.5) is 22.0 Å². The number of amides is 1. The number of likely N-dealkylation sites (tertiary alicyclic amines) is 1. The van der Waals surface area contributed by atoms with Gasteiger partial charge >= 0.3 is 5.79 Å². The number of nitrogens with zero attached hydrogens (tertiary/aromatic N) is 1. The molecule has 182 valence electrons. The summed E-state index contributed by atoms with van der Waals surface area (Å²) >= 11 is 0. The van der Waals surface area contributed by atoms with Crippen LogP contribution in [-0.4, -0.2) is 35.1 Å². The predicted octanol–water partition coefficient (Wildman–Crippen LogP) is 4.65. The second-order valence-electron chi connectivity index (χ2n) is 8.37. The van der Waals surface area contributed by atoms with E-state index in [0.717, 1.165) is 36.4 Å². The Morgan fingerprint density at radius 1 is 0.800 bits per heavy atom. The molecule has 2 aliphatic rings. The van der Waals surface area contributed by atoms with Gasteiger partial charge in [0.1, 0.15) is 29.1 Å². The molecule has 0 atom stereocenters. The molecule has 1 amide bonds. The van der Waals surface area contributed by atoms with Crippen LogP contribution >= 0.6 is 0 Å². The van der Waals surface area contributed by atoms with E-state index in [4.69, 9.17) is 9.47 Å². The van der Waals surface area contributed by atoms with Crippen molar-refractivity contribution in [2.45, 2.75) is 24.7 Å². The van der Waals surface area contributed by atoms with Gasteiger partial charge in [-0.25, -0.2) is 22.0 Å². The topological polar surface area (TPSA) is 59.0 Å². The Hall–Kier alpha value is -3.66. The largest absolute Gasteiger partial charge is 0.440 e. The van der Waals surface area contributed by atoms with E-state index in [1.807, 2.05) is 0 Å². The number of aliphatic hydroxyl groups excluding tert-OH is 1. The lowest BCUT2D eigenvalue weighted by Gasteiger charge is -2.29. The maximum atomic E-state index is 15.0. The summed E-state index contributed by atoms with van der Waals surface area (Å²) in [6.07, 6.45) is 0.140. The quantitative estimate of drug-likeness (QED) is 0.542. The number of halogens is 5. The number of piperidine rings is 1. The van der Waals surface area contributed by atoms with Gasteiger partial charge in [-0.05, 0) is 43.2 Å². The molecule has 0 aliphatic carbocycles. The van der Waals surface area contributed by atoms with Crippen molar-refractivity contribution in [3.63, 3.8) is 0 Å². The van der Waals surface area contributed by atoms with Crippen molar-refractivity contribution >= 4 is 5.91 Å². The molecule has 0 unspecified atom stereocenters. The number of carbonyl (C=O) groups excluding carboxylic acids is 1. The van der Waals surface area contributed by atoms with E-state index in [1.165, 1.54) is 4.90 Å². The van der Waals surface area contributed by atoms with E-state index in [-0.39, 0.29) is 30.2 Å². The zero-order valence-electron chi connectivity index (χ0n) is 18.0. The number of benzene rings is 3. The predicted molar refractivity (Wildman–Crippen MR) is 112 cm³/mol. The highest BCUT2D eigenvalue weighted by Gasteiger charge is 2.50. The Labute approximate surface area is 196 Å². The average molecular weight is 491 g/mol. The summed E-state index contributed by atoms with van der Waals surface area (Å²) in [4.78, 5) is 14.3. The van der Waals surface area contributed by atoms with E-state index in [1.54, 1.807) is 0 Å². The molecule has 0 bridgehead atoms. The van der Waals surface area contributed by atoms with E-state index < -0.39 is 58.0 Å². The van der Waals surface area contributed by atoms with Gasteiger partial charge < -0.3 is 19.5 Å². The summed E-state index contributed by atoms with van der Waals surface area (Å²) in [5, 5.41) is 9.66. The molecule has 2 heterocycles. The SMILES string of the molecule is O=C(c1cc2c(cc1F)OC(c1ccc(F)cc1F)(c1ccc(F)cc1F)O2)N1CCC(O)CC1. The number of aliphatic hydroxyl groups is 1. The minimum absolute atomic E-state index is 0.195. The van der Waals surface area contributed by atoms with Crippen LogP contribution in [0.1, 0.15) is 34.3 Å². The number of hydrogen-bond donors (Lipinski definition) is 1. The smallest absolute Gasteiger partial charge is 0.311 e. The molecule has 2 aliphatic heterocycles. The molecule has 1 fully saturated rings.